The maximum Gasteiger partial charge on any atom is 0.218 e. The van der Waals surface area contributed by atoms with Crippen LogP contribution in [0.4, 0.5) is 0 Å². The fraction of sp³-hybridized carbons (Fsp3) is 0.571. The van der Waals surface area contributed by atoms with Crippen molar-refractivity contribution in [2.24, 2.45) is 0 Å². The van der Waals surface area contributed by atoms with Crippen molar-refractivity contribution < 1.29 is 8.42 Å². The van der Waals surface area contributed by atoms with Crippen molar-refractivity contribution >= 4 is 33.4 Å². The van der Waals surface area contributed by atoms with Crippen LogP contribution < -0.4 is 0 Å². The monoisotopic (exact) mass is 333 g/mol. The molecule has 1 fully saturated rings. The van der Waals surface area contributed by atoms with E-state index < -0.39 is 10.0 Å². The third-order valence-electron chi connectivity index (χ3n) is 3.28. The van der Waals surface area contributed by atoms with Crippen molar-refractivity contribution in [1.29, 1.82) is 0 Å². The Balaban J connectivity index is 2.14. The normalized spacial score (nSPS) is 19.9. The second-order valence-electron chi connectivity index (χ2n) is 5.65. The van der Waals surface area contributed by atoms with Crippen LogP contribution in [0.25, 0.3) is 0 Å². The number of hydrogen-bond donors (Lipinski definition) is 0. The quantitative estimate of drug-likeness (QED) is 0.795. The van der Waals surface area contributed by atoms with Gasteiger partial charge in [0.2, 0.25) is 10.0 Å². The van der Waals surface area contributed by atoms with E-state index in [9.17, 15) is 8.42 Å². The molecule has 0 unspecified atom stereocenters. The van der Waals surface area contributed by atoms with Crippen LogP contribution in [0.3, 0.4) is 0 Å². The van der Waals surface area contributed by atoms with Crippen LogP contribution in [0.5, 0.6) is 0 Å². The first kappa shape index (κ1) is 16.1. The number of hydrogen-bond acceptors (Lipinski definition) is 3. The number of rotatable bonds is 4. The molecule has 112 valence electrons. The van der Waals surface area contributed by atoms with E-state index in [2.05, 4.69) is 13.8 Å². The van der Waals surface area contributed by atoms with E-state index in [1.54, 1.807) is 4.31 Å². The zero-order valence-electron chi connectivity index (χ0n) is 11.8. The number of alkyl halides is 1. The zero-order chi connectivity index (χ0) is 14.8. The Bertz CT molecular complexity index is 572. The maximum atomic E-state index is 12.5. The lowest BCUT2D eigenvalue weighted by molar-refractivity contribution is 0.387. The zero-order valence-corrected chi connectivity index (χ0v) is 14.2. The van der Waals surface area contributed by atoms with Crippen LogP contribution in [-0.2, 0) is 21.7 Å². The van der Waals surface area contributed by atoms with E-state index in [1.165, 1.54) is 0 Å². The van der Waals surface area contributed by atoms with Crippen molar-refractivity contribution in [3.05, 3.63) is 35.4 Å². The molecule has 3 nitrogen and oxygen atoms in total. The summed E-state index contributed by atoms with van der Waals surface area (Å²) in [6, 6.07) is 7.48. The Morgan fingerprint density at radius 1 is 1.35 bits per heavy atom. The lowest BCUT2D eigenvalue weighted by atomic mass is 10.2. The second kappa shape index (κ2) is 6.26. The Hall–Kier alpha value is -0.230. The fourth-order valence-corrected chi connectivity index (χ4v) is 5.46. The number of benzene rings is 1. The lowest BCUT2D eigenvalue weighted by Crippen LogP contribution is -2.46. The summed E-state index contributed by atoms with van der Waals surface area (Å²) in [5, 5.41) is 0. The van der Waals surface area contributed by atoms with Crippen LogP contribution in [-0.4, -0.2) is 36.3 Å². The first-order valence-corrected chi connectivity index (χ1v) is 9.71. The molecule has 1 heterocycles. The maximum absolute atomic E-state index is 12.5. The van der Waals surface area contributed by atoms with Crippen LogP contribution in [0.2, 0.25) is 0 Å². The molecule has 0 saturated carbocycles. The summed E-state index contributed by atoms with van der Waals surface area (Å²) in [5.74, 6) is 1.31. The lowest BCUT2D eigenvalue weighted by Gasteiger charge is -2.36. The smallest absolute Gasteiger partial charge is 0.212 e. The predicted octanol–water partition coefficient (Wildman–Crippen LogP) is 3.08. The molecule has 0 bridgehead atoms. The SMILES string of the molecule is CC1(C)CN(S(=O)(=O)Cc2cccc(CCl)c2)CCS1. The highest BCUT2D eigenvalue weighted by Crippen LogP contribution is 2.31. The highest BCUT2D eigenvalue weighted by Gasteiger charge is 2.33. The predicted molar refractivity (Wildman–Crippen MR) is 86.7 cm³/mol. The van der Waals surface area contributed by atoms with Gasteiger partial charge in [0.05, 0.1) is 5.75 Å². The van der Waals surface area contributed by atoms with E-state index in [-0.39, 0.29) is 10.5 Å². The van der Waals surface area contributed by atoms with Crippen molar-refractivity contribution in [3.8, 4) is 0 Å². The number of halogens is 1. The number of thioether (sulfide) groups is 1. The molecule has 6 heteroatoms. The molecule has 0 aliphatic carbocycles. The van der Waals surface area contributed by atoms with Gasteiger partial charge in [-0.15, -0.1) is 11.6 Å². The minimum Gasteiger partial charge on any atom is -0.212 e. The molecule has 1 aliphatic heterocycles. The van der Waals surface area contributed by atoms with E-state index in [4.69, 9.17) is 11.6 Å². The average Bonchev–Trinajstić information content (AvgIpc) is 2.37. The Morgan fingerprint density at radius 3 is 2.70 bits per heavy atom. The summed E-state index contributed by atoms with van der Waals surface area (Å²) in [6.07, 6.45) is 0. The van der Waals surface area contributed by atoms with Gasteiger partial charge in [-0.1, -0.05) is 24.3 Å². The Labute approximate surface area is 130 Å². The van der Waals surface area contributed by atoms with Gasteiger partial charge in [0.15, 0.2) is 0 Å². The van der Waals surface area contributed by atoms with E-state index in [0.29, 0.717) is 19.0 Å². The highest BCUT2D eigenvalue weighted by molar-refractivity contribution is 8.00. The Morgan fingerprint density at radius 2 is 2.05 bits per heavy atom. The third-order valence-corrected chi connectivity index (χ3v) is 6.68. The summed E-state index contributed by atoms with van der Waals surface area (Å²) < 4.78 is 26.7. The van der Waals surface area contributed by atoms with Gasteiger partial charge in [-0.2, -0.15) is 16.1 Å². The standard InChI is InChI=1S/C14H20ClNO2S2/c1-14(2)11-16(6-7-19-14)20(17,18)10-13-5-3-4-12(8-13)9-15/h3-5,8H,6-7,9-11H2,1-2H3. The van der Waals surface area contributed by atoms with E-state index in [0.717, 1.165) is 16.9 Å². The van der Waals surface area contributed by atoms with Gasteiger partial charge in [-0.3, -0.25) is 0 Å². The molecule has 0 amide bonds. The van der Waals surface area contributed by atoms with Crippen molar-refractivity contribution in [2.75, 3.05) is 18.8 Å². The number of nitrogens with zero attached hydrogens (tertiary/aromatic N) is 1. The molecule has 0 N–H and O–H groups in total. The van der Waals surface area contributed by atoms with Crippen LogP contribution in [0, 0.1) is 0 Å². The van der Waals surface area contributed by atoms with Crippen LogP contribution in [0.1, 0.15) is 25.0 Å². The van der Waals surface area contributed by atoms with Gasteiger partial charge in [-0.25, -0.2) is 8.42 Å². The molecule has 2 rings (SSSR count). The second-order valence-corrected chi connectivity index (χ2v) is 9.69. The molecule has 0 radical (unpaired) electrons. The largest absolute Gasteiger partial charge is 0.218 e. The molecule has 1 aromatic carbocycles. The minimum absolute atomic E-state index is 0.0106. The fourth-order valence-electron chi connectivity index (χ4n) is 2.32. The molecule has 1 aromatic rings. The van der Waals surface area contributed by atoms with Crippen LogP contribution in [0.15, 0.2) is 24.3 Å². The van der Waals surface area contributed by atoms with Gasteiger partial charge < -0.3 is 0 Å². The molecular weight excluding hydrogens is 314 g/mol. The van der Waals surface area contributed by atoms with E-state index in [1.807, 2.05) is 36.0 Å². The summed E-state index contributed by atoms with van der Waals surface area (Å²) in [5.41, 5.74) is 1.76. The molecule has 20 heavy (non-hydrogen) atoms. The van der Waals surface area contributed by atoms with Gasteiger partial charge in [0, 0.05) is 29.5 Å². The molecule has 1 aliphatic rings. The third kappa shape index (κ3) is 4.13. The molecule has 0 atom stereocenters. The summed E-state index contributed by atoms with van der Waals surface area (Å²) >= 11 is 7.62. The molecule has 0 aromatic heterocycles. The first-order valence-electron chi connectivity index (χ1n) is 6.58. The highest BCUT2D eigenvalue weighted by atomic mass is 35.5. The van der Waals surface area contributed by atoms with Gasteiger partial charge in [-0.05, 0) is 25.0 Å². The van der Waals surface area contributed by atoms with Gasteiger partial charge >= 0.3 is 0 Å². The number of sulfonamides is 1. The topological polar surface area (TPSA) is 37.4 Å². The van der Waals surface area contributed by atoms with Gasteiger partial charge in [0.1, 0.15) is 0 Å². The Kier molecular flexibility index (Phi) is 5.05. The van der Waals surface area contributed by atoms with Crippen molar-refractivity contribution in [3.63, 3.8) is 0 Å². The molecule has 0 spiro atoms. The molecule has 1 saturated heterocycles. The summed E-state index contributed by atoms with van der Waals surface area (Å²) in [4.78, 5) is 0. The summed E-state index contributed by atoms with van der Waals surface area (Å²) in [6.45, 7) is 5.36. The molecular formula is C14H20ClNO2S2. The van der Waals surface area contributed by atoms with Crippen molar-refractivity contribution in [1.82, 2.24) is 4.31 Å². The minimum atomic E-state index is -3.26. The van der Waals surface area contributed by atoms with Gasteiger partial charge in [0.25, 0.3) is 0 Å². The van der Waals surface area contributed by atoms with Crippen LogP contribution >= 0.6 is 23.4 Å². The van der Waals surface area contributed by atoms with Crippen molar-refractivity contribution in [2.45, 2.75) is 30.2 Å². The average molecular weight is 334 g/mol. The first-order chi connectivity index (χ1) is 9.32. The summed E-state index contributed by atoms with van der Waals surface area (Å²) in [7, 11) is -3.26. The van der Waals surface area contributed by atoms with E-state index >= 15 is 0 Å².